The Morgan fingerprint density at radius 1 is 1.11 bits per heavy atom. The van der Waals surface area contributed by atoms with Crippen LogP contribution >= 0.6 is 11.6 Å². The first-order valence-electron chi connectivity index (χ1n) is 11.4. The number of carboxylic acid groups (broad SMARTS) is 1. The Morgan fingerprint density at radius 3 is 2.37 bits per heavy atom. The maximum Gasteiger partial charge on any atom is 0.490 e. The Labute approximate surface area is 219 Å². The second kappa shape index (κ2) is 11.5. The van der Waals surface area contributed by atoms with Gasteiger partial charge in [0.05, 0.1) is 22.8 Å². The normalized spacial score (nSPS) is 13.7. The average Bonchev–Trinajstić information content (AvgIpc) is 3.24. The number of aromatic nitrogens is 6. The lowest BCUT2D eigenvalue weighted by molar-refractivity contribution is -0.192. The highest BCUT2D eigenvalue weighted by Gasteiger charge is 2.38. The minimum absolute atomic E-state index is 0.257. The number of carbonyl (C=O) groups is 1. The molecule has 0 saturated carbocycles. The zero-order valence-electron chi connectivity index (χ0n) is 20.0. The Bertz CT molecular complexity index is 1380. The largest absolute Gasteiger partial charge is 0.490 e. The minimum atomic E-state index is -5.08. The van der Waals surface area contributed by atoms with Crippen LogP contribution in [-0.2, 0) is 11.2 Å². The van der Waals surface area contributed by atoms with Crippen molar-refractivity contribution in [1.82, 2.24) is 29.9 Å². The summed E-state index contributed by atoms with van der Waals surface area (Å²) >= 11 is 6.70. The number of hydrogen-bond donors (Lipinski definition) is 2. The summed E-state index contributed by atoms with van der Waals surface area (Å²) in [7, 11) is 0. The molecule has 0 aromatic carbocycles. The molecule has 1 aliphatic heterocycles. The van der Waals surface area contributed by atoms with Gasteiger partial charge in [-0.3, -0.25) is 9.97 Å². The number of nitrogens with zero attached hydrogens (tertiary/aromatic N) is 7. The van der Waals surface area contributed by atoms with Crippen molar-refractivity contribution in [3.63, 3.8) is 0 Å². The van der Waals surface area contributed by atoms with Crippen LogP contribution in [0.1, 0.15) is 12.6 Å². The fraction of sp³-hybridized carbons (Fsp3) is 0.304. The fourth-order valence-electron chi connectivity index (χ4n) is 3.70. The van der Waals surface area contributed by atoms with E-state index < -0.39 is 12.1 Å². The molecule has 0 unspecified atom stereocenters. The van der Waals surface area contributed by atoms with E-state index in [1.165, 1.54) is 0 Å². The van der Waals surface area contributed by atoms with Gasteiger partial charge in [0.15, 0.2) is 0 Å². The SMILES string of the molecule is CCc1[nH]c2nc(Oc3cccnc3)nc(N3CCN(c4cnccn4)CC3)c2c1Cl.O=C(O)C(F)(F)F. The third kappa shape index (κ3) is 6.19. The molecule has 5 heterocycles. The first kappa shape index (κ1) is 26.9. The number of aromatic amines is 1. The van der Waals surface area contributed by atoms with Gasteiger partial charge in [-0.1, -0.05) is 18.5 Å². The highest BCUT2D eigenvalue weighted by molar-refractivity contribution is 6.37. The molecule has 0 amide bonds. The van der Waals surface area contributed by atoms with E-state index in [2.05, 4.69) is 41.6 Å². The van der Waals surface area contributed by atoms with Gasteiger partial charge in [0.2, 0.25) is 0 Å². The maximum atomic E-state index is 10.6. The number of halogens is 4. The van der Waals surface area contributed by atoms with Crippen molar-refractivity contribution in [1.29, 1.82) is 0 Å². The van der Waals surface area contributed by atoms with E-state index in [1.54, 1.807) is 37.1 Å². The van der Waals surface area contributed by atoms with Crippen LogP contribution in [0.4, 0.5) is 24.8 Å². The molecule has 4 aromatic heterocycles. The summed E-state index contributed by atoms with van der Waals surface area (Å²) in [5, 5.41) is 8.61. The molecule has 5 rings (SSSR count). The first-order valence-corrected chi connectivity index (χ1v) is 11.8. The molecular weight excluding hydrogens is 529 g/mol. The summed E-state index contributed by atoms with van der Waals surface area (Å²) in [6.45, 7) is 5.17. The Morgan fingerprint density at radius 2 is 1.79 bits per heavy atom. The number of anilines is 2. The second-order valence-electron chi connectivity index (χ2n) is 7.96. The third-order valence-electron chi connectivity index (χ3n) is 5.52. The number of ether oxygens (including phenoxy) is 1. The lowest BCUT2D eigenvalue weighted by Crippen LogP contribution is -2.47. The molecule has 200 valence electrons. The zero-order chi connectivity index (χ0) is 27.3. The molecule has 1 fully saturated rings. The smallest absolute Gasteiger partial charge is 0.475 e. The quantitative estimate of drug-likeness (QED) is 0.374. The molecule has 15 heteroatoms. The molecule has 0 atom stereocenters. The van der Waals surface area contributed by atoms with E-state index in [0.29, 0.717) is 16.4 Å². The van der Waals surface area contributed by atoms with E-state index >= 15 is 0 Å². The standard InChI is InChI=1S/C21H21ClN8O.C2HF3O2/c1-2-15-18(22)17-19(26-15)27-21(31-14-4-3-5-23-12-14)28-20(17)30-10-8-29(9-11-30)16-13-24-6-7-25-16;3-2(4,5)1(6)7/h3-7,12-13H,2,8-11H2,1H3,(H,26,27,28);(H,6,7). The Balaban J connectivity index is 0.000000426. The van der Waals surface area contributed by atoms with E-state index in [4.69, 9.17) is 31.2 Å². The lowest BCUT2D eigenvalue weighted by Gasteiger charge is -2.36. The van der Waals surface area contributed by atoms with E-state index in [-0.39, 0.29) is 6.01 Å². The topological polar surface area (TPSA) is 133 Å². The number of carboxylic acids is 1. The van der Waals surface area contributed by atoms with Gasteiger partial charge in [-0.05, 0) is 18.6 Å². The van der Waals surface area contributed by atoms with Crippen molar-refractivity contribution in [2.24, 2.45) is 0 Å². The van der Waals surface area contributed by atoms with Gasteiger partial charge in [-0.25, -0.2) is 9.78 Å². The Hall–Kier alpha value is -4.20. The molecule has 0 bridgehead atoms. The van der Waals surface area contributed by atoms with E-state index in [1.807, 2.05) is 6.07 Å². The highest BCUT2D eigenvalue weighted by Crippen LogP contribution is 2.36. The van der Waals surface area contributed by atoms with Crippen LogP contribution in [0.15, 0.2) is 43.1 Å². The van der Waals surface area contributed by atoms with Gasteiger partial charge < -0.3 is 24.6 Å². The second-order valence-corrected chi connectivity index (χ2v) is 8.33. The van der Waals surface area contributed by atoms with Crippen LogP contribution in [0, 0.1) is 0 Å². The predicted molar refractivity (Wildman–Crippen MR) is 133 cm³/mol. The Kier molecular flexibility index (Phi) is 8.10. The number of rotatable bonds is 5. The summed E-state index contributed by atoms with van der Waals surface area (Å²) in [5.41, 5.74) is 1.60. The minimum Gasteiger partial charge on any atom is -0.475 e. The van der Waals surface area contributed by atoms with Crippen LogP contribution in [0.2, 0.25) is 5.02 Å². The van der Waals surface area contributed by atoms with Gasteiger partial charge in [0.1, 0.15) is 23.0 Å². The van der Waals surface area contributed by atoms with E-state index in [0.717, 1.165) is 55.3 Å². The lowest BCUT2D eigenvalue weighted by atomic mass is 10.2. The van der Waals surface area contributed by atoms with Crippen molar-refractivity contribution >= 4 is 40.2 Å². The number of piperazine rings is 1. The van der Waals surface area contributed by atoms with Gasteiger partial charge in [0.25, 0.3) is 0 Å². The van der Waals surface area contributed by atoms with Crippen molar-refractivity contribution in [3.05, 3.63) is 53.8 Å². The van der Waals surface area contributed by atoms with Gasteiger partial charge >= 0.3 is 18.2 Å². The third-order valence-corrected chi connectivity index (χ3v) is 5.93. The monoisotopic (exact) mass is 550 g/mol. The molecule has 11 nitrogen and oxygen atoms in total. The van der Waals surface area contributed by atoms with Crippen LogP contribution < -0.4 is 14.5 Å². The van der Waals surface area contributed by atoms with Crippen LogP contribution in [-0.4, -0.2) is 73.3 Å². The van der Waals surface area contributed by atoms with Gasteiger partial charge in [-0.15, -0.1) is 0 Å². The predicted octanol–water partition coefficient (Wildman–Crippen LogP) is 4.11. The zero-order valence-corrected chi connectivity index (χ0v) is 20.7. The van der Waals surface area contributed by atoms with Crippen LogP contribution in [0.3, 0.4) is 0 Å². The number of aryl methyl sites for hydroxylation is 1. The highest BCUT2D eigenvalue weighted by atomic mass is 35.5. The molecule has 4 aromatic rings. The van der Waals surface area contributed by atoms with Crippen molar-refractivity contribution < 1.29 is 27.8 Å². The average molecular weight is 551 g/mol. The summed E-state index contributed by atoms with van der Waals surface area (Å²) in [4.78, 5) is 38.6. The van der Waals surface area contributed by atoms with Gasteiger partial charge in [0, 0.05) is 50.5 Å². The van der Waals surface area contributed by atoms with Crippen LogP contribution in [0.25, 0.3) is 11.0 Å². The molecule has 0 radical (unpaired) electrons. The molecule has 0 aliphatic carbocycles. The summed E-state index contributed by atoms with van der Waals surface area (Å²) in [6.07, 6.45) is 4.19. The number of nitrogens with one attached hydrogen (secondary N) is 1. The summed E-state index contributed by atoms with van der Waals surface area (Å²) < 4.78 is 37.6. The molecule has 1 saturated heterocycles. The number of aliphatic carboxylic acids is 1. The molecular formula is C23H22ClF3N8O3. The number of alkyl halides is 3. The van der Waals surface area contributed by atoms with E-state index in [9.17, 15) is 13.2 Å². The number of H-pyrrole nitrogens is 1. The molecule has 0 spiro atoms. The number of pyridine rings is 1. The van der Waals surface area contributed by atoms with Crippen molar-refractivity contribution in [2.75, 3.05) is 36.0 Å². The molecule has 1 aliphatic rings. The van der Waals surface area contributed by atoms with Crippen molar-refractivity contribution in [2.45, 2.75) is 19.5 Å². The molecule has 38 heavy (non-hydrogen) atoms. The fourth-order valence-corrected chi connectivity index (χ4v) is 4.06. The summed E-state index contributed by atoms with van der Waals surface area (Å²) in [6, 6.07) is 3.88. The first-order chi connectivity index (χ1) is 18.2. The maximum absolute atomic E-state index is 10.6. The summed E-state index contributed by atoms with van der Waals surface area (Å²) in [5.74, 6) is -0.534. The van der Waals surface area contributed by atoms with Gasteiger partial charge in [-0.2, -0.15) is 23.1 Å². The number of hydrogen-bond acceptors (Lipinski definition) is 9. The van der Waals surface area contributed by atoms with Crippen molar-refractivity contribution in [3.8, 4) is 11.8 Å². The van der Waals surface area contributed by atoms with Crippen LogP contribution in [0.5, 0.6) is 11.8 Å². The number of fused-ring (bicyclic) bond motifs is 1. The molecule has 2 N–H and O–H groups in total.